The van der Waals surface area contributed by atoms with Crippen molar-refractivity contribution in [1.29, 1.82) is 0 Å². The second-order valence-corrected chi connectivity index (χ2v) is 7.70. The Morgan fingerprint density at radius 2 is 2.00 bits per heavy atom. The molecule has 0 fully saturated rings. The van der Waals surface area contributed by atoms with E-state index in [1.165, 1.54) is 12.1 Å². The molecule has 0 bridgehead atoms. The van der Waals surface area contributed by atoms with Crippen LogP contribution in [0, 0.1) is 11.2 Å². The average Bonchev–Trinajstić information content (AvgIpc) is 2.63. The predicted octanol–water partition coefficient (Wildman–Crippen LogP) is 3.41. The number of H-pyrrole nitrogens is 1. The monoisotopic (exact) mass is 383 g/mol. The second-order valence-electron chi connectivity index (χ2n) is 7.70. The highest BCUT2D eigenvalue weighted by Crippen LogP contribution is 2.33. The first-order valence-corrected chi connectivity index (χ1v) is 8.98. The molecular formula is C21H22FN3O3. The summed E-state index contributed by atoms with van der Waals surface area (Å²) in [6, 6.07) is 5.39. The Morgan fingerprint density at radius 1 is 1.25 bits per heavy atom. The van der Waals surface area contributed by atoms with Gasteiger partial charge in [0, 0.05) is 11.4 Å². The van der Waals surface area contributed by atoms with Crippen LogP contribution in [-0.2, 0) is 17.6 Å². The summed E-state index contributed by atoms with van der Waals surface area (Å²) in [5, 5.41) is 4.91. The van der Waals surface area contributed by atoms with Gasteiger partial charge in [0.2, 0.25) is 5.91 Å². The number of halogens is 1. The molecule has 0 radical (unpaired) electrons. The standard InChI is InChI=1S/C21H22FN3O3/c1-4-18(26)24-17-10-13(5-6-15(17)22)23-19(27)14-9-12-11-21(2,3)8-7-16(12)25-20(14)28/h4-6,9-10H,1,7-8,11H2,2-3H3,(H,23,27)(H,24,26)(H,25,28). The molecule has 1 aliphatic rings. The van der Waals surface area contributed by atoms with Crippen molar-refractivity contribution in [1.82, 2.24) is 4.98 Å². The number of amides is 2. The first kappa shape index (κ1) is 19.5. The smallest absolute Gasteiger partial charge is 0.261 e. The van der Waals surface area contributed by atoms with Gasteiger partial charge >= 0.3 is 0 Å². The third-order valence-corrected chi connectivity index (χ3v) is 4.85. The number of hydrogen-bond acceptors (Lipinski definition) is 3. The Balaban J connectivity index is 1.86. The van der Waals surface area contributed by atoms with E-state index in [1.807, 2.05) is 0 Å². The fraction of sp³-hybridized carbons (Fsp3) is 0.286. The lowest BCUT2D eigenvalue weighted by atomic mass is 9.76. The normalized spacial score (nSPS) is 14.7. The number of aromatic nitrogens is 1. The first-order chi connectivity index (χ1) is 13.2. The van der Waals surface area contributed by atoms with Crippen molar-refractivity contribution in [3.05, 3.63) is 69.9 Å². The molecule has 1 heterocycles. The molecule has 0 unspecified atom stereocenters. The molecule has 0 spiro atoms. The fourth-order valence-electron chi connectivity index (χ4n) is 3.31. The number of benzene rings is 1. The largest absolute Gasteiger partial charge is 0.325 e. The number of pyridine rings is 1. The topological polar surface area (TPSA) is 91.1 Å². The zero-order chi connectivity index (χ0) is 20.5. The molecule has 6 nitrogen and oxygen atoms in total. The number of carbonyl (C=O) groups excluding carboxylic acids is 2. The molecule has 1 aromatic carbocycles. The Kier molecular flexibility index (Phi) is 5.18. The summed E-state index contributed by atoms with van der Waals surface area (Å²) in [5.41, 5.74) is 1.63. The molecule has 0 aliphatic heterocycles. The van der Waals surface area contributed by atoms with Crippen molar-refractivity contribution in [2.45, 2.75) is 33.1 Å². The quantitative estimate of drug-likeness (QED) is 0.707. The van der Waals surface area contributed by atoms with Gasteiger partial charge in [0.1, 0.15) is 11.4 Å². The number of anilines is 2. The molecule has 3 rings (SSSR count). The van der Waals surface area contributed by atoms with Gasteiger partial charge in [-0.1, -0.05) is 20.4 Å². The Morgan fingerprint density at radius 3 is 2.71 bits per heavy atom. The number of carbonyl (C=O) groups is 2. The summed E-state index contributed by atoms with van der Waals surface area (Å²) in [6.45, 7) is 7.61. The van der Waals surface area contributed by atoms with E-state index >= 15 is 0 Å². The van der Waals surface area contributed by atoms with Crippen LogP contribution in [-0.4, -0.2) is 16.8 Å². The lowest BCUT2D eigenvalue weighted by Crippen LogP contribution is -2.29. The SMILES string of the molecule is C=CC(=O)Nc1cc(NC(=O)c2cc3c([nH]c2=O)CCC(C)(C)C3)ccc1F. The van der Waals surface area contributed by atoms with E-state index in [0.717, 1.165) is 42.7 Å². The minimum absolute atomic E-state index is 0.00236. The third kappa shape index (κ3) is 4.19. The van der Waals surface area contributed by atoms with Crippen LogP contribution in [0.15, 0.2) is 41.7 Å². The molecule has 3 N–H and O–H groups in total. The summed E-state index contributed by atoms with van der Waals surface area (Å²) in [7, 11) is 0. The van der Waals surface area contributed by atoms with Crippen molar-refractivity contribution in [3.8, 4) is 0 Å². The minimum atomic E-state index is -0.651. The Hall–Kier alpha value is -3.22. The maximum absolute atomic E-state index is 13.8. The van der Waals surface area contributed by atoms with Gasteiger partial charge in [-0.15, -0.1) is 0 Å². The van der Waals surface area contributed by atoms with Crippen LogP contribution in [0.25, 0.3) is 0 Å². The molecule has 0 atom stereocenters. The minimum Gasteiger partial charge on any atom is -0.325 e. The van der Waals surface area contributed by atoms with Crippen molar-refractivity contribution in [2.24, 2.45) is 5.41 Å². The summed E-state index contributed by atoms with van der Waals surface area (Å²) in [6.07, 6.45) is 3.52. The van der Waals surface area contributed by atoms with Gasteiger partial charge in [-0.2, -0.15) is 0 Å². The summed E-state index contributed by atoms with van der Waals surface area (Å²) < 4.78 is 13.8. The van der Waals surface area contributed by atoms with Gasteiger partial charge in [-0.3, -0.25) is 14.4 Å². The highest BCUT2D eigenvalue weighted by molar-refractivity contribution is 6.05. The fourth-order valence-corrected chi connectivity index (χ4v) is 3.31. The molecule has 2 amide bonds. The van der Waals surface area contributed by atoms with E-state index < -0.39 is 23.2 Å². The zero-order valence-electron chi connectivity index (χ0n) is 15.8. The molecule has 7 heteroatoms. The number of nitrogens with one attached hydrogen (secondary N) is 3. The van der Waals surface area contributed by atoms with Crippen molar-refractivity contribution in [2.75, 3.05) is 10.6 Å². The Labute approximate surface area is 161 Å². The molecule has 146 valence electrons. The van der Waals surface area contributed by atoms with Gasteiger partial charge in [-0.25, -0.2) is 4.39 Å². The molecule has 0 saturated carbocycles. The third-order valence-electron chi connectivity index (χ3n) is 4.85. The van der Waals surface area contributed by atoms with Gasteiger partial charge in [0.25, 0.3) is 11.5 Å². The number of aromatic amines is 1. The van der Waals surface area contributed by atoms with Crippen LogP contribution in [0.1, 0.15) is 41.9 Å². The molecule has 0 saturated heterocycles. The predicted molar refractivity (Wildman–Crippen MR) is 106 cm³/mol. The van der Waals surface area contributed by atoms with E-state index in [9.17, 15) is 18.8 Å². The molecule has 1 aromatic heterocycles. The van der Waals surface area contributed by atoms with Crippen LogP contribution in [0.5, 0.6) is 0 Å². The van der Waals surface area contributed by atoms with E-state index in [-0.39, 0.29) is 22.4 Å². The zero-order valence-corrected chi connectivity index (χ0v) is 15.8. The van der Waals surface area contributed by atoms with Crippen molar-refractivity contribution < 1.29 is 14.0 Å². The number of hydrogen-bond donors (Lipinski definition) is 3. The maximum Gasteiger partial charge on any atom is 0.261 e. The lowest BCUT2D eigenvalue weighted by molar-refractivity contribution is -0.111. The lowest BCUT2D eigenvalue weighted by Gasteiger charge is -2.31. The highest BCUT2D eigenvalue weighted by atomic mass is 19.1. The number of aryl methyl sites for hydroxylation is 1. The second kappa shape index (κ2) is 7.42. The van der Waals surface area contributed by atoms with Crippen molar-refractivity contribution >= 4 is 23.2 Å². The maximum atomic E-state index is 13.8. The van der Waals surface area contributed by atoms with Crippen LogP contribution >= 0.6 is 0 Å². The van der Waals surface area contributed by atoms with Crippen LogP contribution in [0.2, 0.25) is 0 Å². The Bertz CT molecular complexity index is 1020. The number of fused-ring (bicyclic) bond motifs is 1. The van der Waals surface area contributed by atoms with E-state index in [2.05, 4.69) is 36.0 Å². The molecule has 1 aliphatic carbocycles. The highest BCUT2D eigenvalue weighted by Gasteiger charge is 2.27. The van der Waals surface area contributed by atoms with Crippen LogP contribution < -0.4 is 16.2 Å². The summed E-state index contributed by atoms with van der Waals surface area (Å²) >= 11 is 0. The molecule has 2 aromatic rings. The van der Waals surface area contributed by atoms with Gasteiger partial charge in [0.05, 0.1) is 5.69 Å². The summed E-state index contributed by atoms with van der Waals surface area (Å²) in [5.74, 6) is -1.82. The average molecular weight is 383 g/mol. The van der Waals surface area contributed by atoms with Gasteiger partial charge in [-0.05, 0) is 60.6 Å². The van der Waals surface area contributed by atoms with Crippen LogP contribution in [0.3, 0.4) is 0 Å². The van der Waals surface area contributed by atoms with E-state index in [4.69, 9.17) is 0 Å². The molecular weight excluding hydrogens is 361 g/mol. The van der Waals surface area contributed by atoms with E-state index in [1.54, 1.807) is 6.07 Å². The first-order valence-electron chi connectivity index (χ1n) is 8.98. The summed E-state index contributed by atoms with van der Waals surface area (Å²) in [4.78, 5) is 39.2. The van der Waals surface area contributed by atoms with Crippen molar-refractivity contribution in [3.63, 3.8) is 0 Å². The molecule has 28 heavy (non-hydrogen) atoms. The van der Waals surface area contributed by atoms with Gasteiger partial charge < -0.3 is 15.6 Å². The number of rotatable bonds is 4. The van der Waals surface area contributed by atoms with Gasteiger partial charge in [0.15, 0.2) is 0 Å². The van der Waals surface area contributed by atoms with Crippen LogP contribution in [0.4, 0.5) is 15.8 Å². The van der Waals surface area contributed by atoms with E-state index in [0.29, 0.717) is 0 Å².